The summed E-state index contributed by atoms with van der Waals surface area (Å²) in [4.78, 5) is 45.4. The second-order valence-electron chi connectivity index (χ2n) is 15.5. The van der Waals surface area contributed by atoms with Gasteiger partial charge in [-0.2, -0.15) is 0 Å². The van der Waals surface area contributed by atoms with Crippen molar-refractivity contribution in [3.05, 3.63) is 110 Å². The first kappa shape index (κ1) is 36.7. The molecule has 5 heterocycles. The molecular formula is C44H48FN5O5. The standard InChI is InChI=1S/C44H48FN5O5/c1-48-25-36(34-22-46-23-35(34)44(48)53)32-20-40(54-2)37(41(21-32)55-3)26-49-14-13-33-29(5-4-6-31(33)24-49)17-27-11-15-50(16-12-27)39-9-7-28(19-38(39)45)18-30-8-10-42(51)47-43(30)52/h4-7,9,19-22,25,27,30H,8,10-18,23-24,26H2,1-3H3,(H,47,51,52). The fraction of sp³-hybridized carbons (Fsp3) is 0.409. The van der Waals surface area contributed by atoms with Crippen LogP contribution in [0.4, 0.5) is 10.1 Å². The van der Waals surface area contributed by atoms with Gasteiger partial charge in [-0.05, 0) is 96.5 Å². The summed E-state index contributed by atoms with van der Waals surface area (Å²) in [6, 6.07) is 16.1. The van der Waals surface area contributed by atoms with Crippen molar-refractivity contribution in [2.45, 2.75) is 64.6 Å². The summed E-state index contributed by atoms with van der Waals surface area (Å²) in [5.74, 6) is 0.985. The van der Waals surface area contributed by atoms with Crippen molar-refractivity contribution in [1.29, 1.82) is 0 Å². The number of amides is 2. The maximum Gasteiger partial charge on any atom is 0.256 e. The predicted octanol–water partition coefficient (Wildman–Crippen LogP) is 5.75. The molecule has 0 aliphatic carbocycles. The molecule has 1 atom stereocenters. The number of methoxy groups -OCH3 is 2. The highest BCUT2D eigenvalue weighted by molar-refractivity contribution is 5.98. The van der Waals surface area contributed by atoms with Crippen LogP contribution in [0.25, 0.3) is 11.1 Å². The number of halogens is 1. The SMILES string of the molecule is COc1cc(-c2cn(C)c(=O)c3c2C=NC3)cc(OC)c1CN1CCc2c(CC3CCN(c4ccc(CC5CCC(=O)NC5=O)cc4F)CC3)cccc2C1. The average Bonchev–Trinajstić information content (AvgIpc) is 3.69. The van der Waals surface area contributed by atoms with Gasteiger partial charge in [0.05, 0.1) is 32.0 Å². The second-order valence-corrected chi connectivity index (χ2v) is 15.5. The Kier molecular flexibility index (Phi) is 10.3. The predicted molar refractivity (Wildman–Crippen MR) is 210 cm³/mol. The molecule has 4 aromatic rings. The van der Waals surface area contributed by atoms with Gasteiger partial charge in [-0.25, -0.2) is 4.39 Å². The van der Waals surface area contributed by atoms with Crippen LogP contribution in [-0.4, -0.2) is 61.3 Å². The lowest BCUT2D eigenvalue weighted by Crippen LogP contribution is -2.41. The van der Waals surface area contributed by atoms with Gasteiger partial charge < -0.3 is 18.9 Å². The zero-order chi connectivity index (χ0) is 38.2. The lowest BCUT2D eigenvalue weighted by Gasteiger charge is -2.35. The average molecular weight is 746 g/mol. The first-order valence-electron chi connectivity index (χ1n) is 19.4. The van der Waals surface area contributed by atoms with Crippen molar-refractivity contribution in [1.82, 2.24) is 14.8 Å². The third-order valence-electron chi connectivity index (χ3n) is 12.0. The van der Waals surface area contributed by atoms with Crippen molar-refractivity contribution in [3.8, 4) is 22.6 Å². The Labute approximate surface area is 321 Å². The quantitative estimate of drug-likeness (QED) is 0.206. The smallest absolute Gasteiger partial charge is 0.256 e. The Hall–Kier alpha value is -5.29. The van der Waals surface area contributed by atoms with E-state index < -0.39 is 0 Å². The molecule has 0 radical (unpaired) electrons. The van der Waals surface area contributed by atoms with Gasteiger partial charge in [0, 0.05) is 81.2 Å². The summed E-state index contributed by atoms with van der Waals surface area (Å²) < 4.78 is 28.9. The van der Waals surface area contributed by atoms with E-state index in [4.69, 9.17) is 9.47 Å². The number of anilines is 1. The summed E-state index contributed by atoms with van der Waals surface area (Å²) in [6.07, 6.45) is 8.90. The molecule has 2 amide bonds. The van der Waals surface area contributed by atoms with Gasteiger partial charge in [0.2, 0.25) is 11.8 Å². The van der Waals surface area contributed by atoms with Crippen LogP contribution in [0.15, 0.2) is 64.5 Å². The lowest BCUT2D eigenvalue weighted by molar-refractivity contribution is -0.136. The number of benzene rings is 3. The molecule has 0 bridgehead atoms. The van der Waals surface area contributed by atoms with Gasteiger partial charge in [-0.3, -0.25) is 29.6 Å². The number of rotatable bonds is 10. The van der Waals surface area contributed by atoms with Crippen LogP contribution in [0.2, 0.25) is 0 Å². The number of hydrogen-bond donors (Lipinski definition) is 1. The summed E-state index contributed by atoms with van der Waals surface area (Å²) in [7, 11) is 5.15. The fourth-order valence-electron chi connectivity index (χ4n) is 9.00. The van der Waals surface area contributed by atoms with E-state index in [9.17, 15) is 14.4 Å². The molecule has 2 fully saturated rings. The molecule has 1 unspecified atom stereocenters. The molecule has 1 aromatic heterocycles. The molecule has 1 N–H and O–H groups in total. The van der Waals surface area contributed by atoms with Crippen molar-refractivity contribution in [3.63, 3.8) is 0 Å². The first-order chi connectivity index (χ1) is 26.7. The number of carbonyl (C=O) groups is 2. The van der Waals surface area contributed by atoms with E-state index in [-0.39, 0.29) is 29.1 Å². The highest BCUT2D eigenvalue weighted by atomic mass is 19.1. The molecule has 4 aliphatic heterocycles. The molecule has 11 heteroatoms. The maximum absolute atomic E-state index is 15.4. The van der Waals surface area contributed by atoms with E-state index in [0.717, 1.165) is 91.2 Å². The van der Waals surface area contributed by atoms with Crippen molar-refractivity contribution < 1.29 is 23.5 Å². The Morgan fingerprint density at radius 2 is 1.69 bits per heavy atom. The molecule has 10 nitrogen and oxygen atoms in total. The minimum Gasteiger partial charge on any atom is -0.496 e. The third kappa shape index (κ3) is 7.42. The number of ether oxygens (including phenoxy) is 2. The number of carbonyl (C=O) groups excluding carboxylic acids is 2. The van der Waals surface area contributed by atoms with Gasteiger partial charge in [0.15, 0.2) is 0 Å². The number of piperidine rings is 2. The summed E-state index contributed by atoms with van der Waals surface area (Å²) >= 11 is 0. The number of imide groups is 1. The summed E-state index contributed by atoms with van der Waals surface area (Å²) in [5, 5.41) is 2.40. The van der Waals surface area contributed by atoms with Crippen LogP contribution >= 0.6 is 0 Å². The van der Waals surface area contributed by atoms with Gasteiger partial charge >= 0.3 is 0 Å². The highest BCUT2D eigenvalue weighted by Crippen LogP contribution is 2.39. The number of nitrogens with one attached hydrogen (secondary N) is 1. The Morgan fingerprint density at radius 3 is 2.42 bits per heavy atom. The molecule has 55 heavy (non-hydrogen) atoms. The largest absolute Gasteiger partial charge is 0.496 e. The summed E-state index contributed by atoms with van der Waals surface area (Å²) in [6.45, 7) is 4.43. The minimum atomic E-state index is -0.299. The van der Waals surface area contributed by atoms with Crippen LogP contribution in [0, 0.1) is 17.7 Å². The molecule has 0 saturated carbocycles. The Balaban J connectivity index is 0.906. The number of aromatic nitrogens is 1. The van der Waals surface area contributed by atoms with Crippen LogP contribution < -0.4 is 25.2 Å². The van der Waals surface area contributed by atoms with Gasteiger partial charge in [0.25, 0.3) is 5.56 Å². The third-order valence-corrected chi connectivity index (χ3v) is 12.0. The molecule has 286 valence electrons. The fourth-order valence-corrected chi connectivity index (χ4v) is 9.00. The van der Waals surface area contributed by atoms with Crippen LogP contribution in [-0.2, 0) is 55.5 Å². The molecular weight excluding hydrogens is 698 g/mol. The molecule has 4 aliphatic rings. The van der Waals surface area contributed by atoms with E-state index in [0.29, 0.717) is 49.5 Å². The van der Waals surface area contributed by atoms with Gasteiger partial charge in [-0.1, -0.05) is 24.3 Å². The number of nitrogens with zero attached hydrogens (tertiary/aromatic N) is 4. The first-order valence-corrected chi connectivity index (χ1v) is 19.4. The topological polar surface area (TPSA) is 105 Å². The molecule has 2 saturated heterocycles. The van der Waals surface area contributed by atoms with Crippen LogP contribution in [0.3, 0.4) is 0 Å². The number of fused-ring (bicyclic) bond motifs is 2. The van der Waals surface area contributed by atoms with Crippen molar-refractivity contribution in [2.24, 2.45) is 23.9 Å². The van der Waals surface area contributed by atoms with Crippen LogP contribution in [0.1, 0.15) is 64.6 Å². The van der Waals surface area contributed by atoms with E-state index in [1.165, 1.54) is 16.7 Å². The van der Waals surface area contributed by atoms with E-state index >= 15 is 4.39 Å². The van der Waals surface area contributed by atoms with E-state index in [1.807, 2.05) is 30.5 Å². The number of hydrogen-bond acceptors (Lipinski definition) is 8. The molecule has 8 rings (SSSR count). The minimum absolute atomic E-state index is 0.0217. The zero-order valence-electron chi connectivity index (χ0n) is 31.8. The maximum atomic E-state index is 15.4. The van der Waals surface area contributed by atoms with Gasteiger partial charge in [0.1, 0.15) is 17.3 Å². The Morgan fingerprint density at radius 1 is 0.909 bits per heavy atom. The van der Waals surface area contributed by atoms with E-state index in [2.05, 4.69) is 38.3 Å². The van der Waals surface area contributed by atoms with Crippen molar-refractivity contribution in [2.75, 3.05) is 38.8 Å². The highest BCUT2D eigenvalue weighted by Gasteiger charge is 2.29. The van der Waals surface area contributed by atoms with E-state index in [1.54, 1.807) is 38.1 Å². The summed E-state index contributed by atoms with van der Waals surface area (Å²) in [5.41, 5.74) is 10.0. The normalized spacial score (nSPS) is 18.6. The lowest BCUT2D eigenvalue weighted by atomic mass is 9.85. The molecule has 3 aromatic carbocycles. The van der Waals surface area contributed by atoms with Gasteiger partial charge in [-0.15, -0.1) is 0 Å². The number of pyridine rings is 1. The van der Waals surface area contributed by atoms with Crippen molar-refractivity contribution >= 4 is 23.7 Å². The Bertz CT molecular complexity index is 2220. The molecule has 0 spiro atoms. The zero-order valence-corrected chi connectivity index (χ0v) is 31.8. The monoisotopic (exact) mass is 745 g/mol. The second kappa shape index (κ2) is 15.5. The number of aryl methyl sites for hydroxylation is 1. The number of aliphatic imine (C=N–C) groups is 1. The van der Waals surface area contributed by atoms with Crippen LogP contribution in [0.5, 0.6) is 11.5 Å².